The van der Waals surface area contributed by atoms with Crippen molar-refractivity contribution in [3.63, 3.8) is 0 Å². The van der Waals surface area contributed by atoms with E-state index >= 15 is 0 Å². The summed E-state index contributed by atoms with van der Waals surface area (Å²) in [6.45, 7) is 0. The molecule has 2 aromatic rings. The van der Waals surface area contributed by atoms with Gasteiger partial charge in [-0.15, -0.1) is 11.3 Å². The maximum atomic E-state index is 12.7. The van der Waals surface area contributed by atoms with E-state index in [1.165, 1.54) is 12.1 Å². The van der Waals surface area contributed by atoms with Gasteiger partial charge >= 0.3 is 12.4 Å². The first-order valence-electron chi connectivity index (χ1n) is 6.12. The van der Waals surface area contributed by atoms with Crippen molar-refractivity contribution >= 4 is 29.8 Å². The van der Waals surface area contributed by atoms with Gasteiger partial charge in [-0.05, 0) is 42.0 Å². The third-order valence-electron chi connectivity index (χ3n) is 2.81. The van der Waals surface area contributed by atoms with Gasteiger partial charge in [-0.3, -0.25) is 4.79 Å². The predicted molar refractivity (Wildman–Crippen MR) is 75.1 cm³/mol. The molecule has 0 saturated carbocycles. The number of hydrogen-bond acceptors (Lipinski definition) is 2. The van der Waals surface area contributed by atoms with E-state index in [4.69, 9.17) is 0 Å². The molecule has 0 N–H and O–H groups in total. The number of carbonyl (C=O) groups is 1. The molecule has 1 nitrogen and oxygen atoms in total. The van der Waals surface area contributed by atoms with Crippen molar-refractivity contribution in [3.05, 3.63) is 56.8 Å². The maximum absolute atomic E-state index is 12.7. The van der Waals surface area contributed by atoms with Crippen molar-refractivity contribution < 1.29 is 31.1 Å². The molecule has 0 amide bonds. The molecule has 0 radical (unpaired) electrons. The van der Waals surface area contributed by atoms with Gasteiger partial charge in [-0.2, -0.15) is 26.3 Å². The lowest BCUT2D eigenvalue weighted by atomic mass is 10.0. The average Bonchev–Trinajstić information content (AvgIpc) is 2.91. The summed E-state index contributed by atoms with van der Waals surface area (Å²) in [5, 5.41) is 0. The summed E-state index contributed by atoms with van der Waals surface area (Å²) in [5.41, 5.74) is -2.97. The second-order valence-electron chi connectivity index (χ2n) is 4.53. The van der Waals surface area contributed by atoms with Crippen LogP contribution in [0.15, 0.2) is 30.3 Å². The summed E-state index contributed by atoms with van der Waals surface area (Å²) in [6.07, 6.45) is -6.65. The highest BCUT2D eigenvalue weighted by Gasteiger charge is 2.36. The SMILES string of the molecule is O=Cc1ccc(/C=C/c2cc(C(F)(F)F)cc(C(F)(F)F)c2)s1. The molecule has 0 aliphatic heterocycles. The van der Waals surface area contributed by atoms with Gasteiger partial charge in [0.2, 0.25) is 0 Å². The summed E-state index contributed by atoms with van der Waals surface area (Å²) in [6, 6.07) is 4.40. The Bertz CT molecular complexity index is 707. The quantitative estimate of drug-likeness (QED) is 0.507. The highest BCUT2D eigenvalue weighted by Crippen LogP contribution is 2.36. The first kappa shape index (κ1) is 17.3. The van der Waals surface area contributed by atoms with Crippen LogP contribution in [0.1, 0.15) is 31.2 Å². The number of halogens is 6. The molecule has 0 unspecified atom stereocenters. The number of thiophene rings is 1. The van der Waals surface area contributed by atoms with Crippen LogP contribution in [0.5, 0.6) is 0 Å². The van der Waals surface area contributed by atoms with Crippen LogP contribution in [0.25, 0.3) is 12.2 Å². The average molecular weight is 350 g/mol. The molecule has 23 heavy (non-hydrogen) atoms. The summed E-state index contributed by atoms with van der Waals surface area (Å²) in [4.78, 5) is 11.5. The molecule has 1 heterocycles. The Balaban J connectivity index is 2.42. The molecular formula is C15H8F6OS. The van der Waals surface area contributed by atoms with Crippen LogP contribution in [-0.4, -0.2) is 6.29 Å². The van der Waals surface area contributed by atoms with E-state index in [2.05, 4.69) is 0 Å². The van der Waals surface area contributed by atoms with Gasteiger partial charge in [-0.25, -0.2) is 0 Å². The monoisotopic (exact) mass is 350 g/mol. The first-order chi connectivity index (χ1) is 10.6. The van der Waals surface area contributed by atoms with Crippen LogP contribution in [0, 0.1) is 0 Å². The molecule has 0 saturated heterocycles. The maximum Gasteiger partial charge on any atom is 0.416 e. The Morgan fingerprint density at radius 2 is 1.30 bits per heavy atom. The summed E-state index contributed by atoms with van der Waals surface area (Å²) >= 11 is 1.07. The van der Waals surface area contributed by atoms with Gasteiger partial charge in [-0.1, -0.05) is 6.08 Å². The molecule has 0 aliphatic rings. The molecule has 0 spiro atoms. The van der Waals surface area contributed by atoms with Gasteiger partial charge < -0.3 is 0 Å². The van der Waals surface area contributed by atoms with Gasteiger partial charge in [0, 0.05) is 4.88 Å². The van der Waals surface area contributed by atoms with Crippen LogP contribution in [0.2, 0.25) is 0 Å². The zero-order chi connectivity index (χ0) is 17.3. The largest absolute Gasteiger partial charge is 0.416 e. The molecule has 1 aromatic carbocycles. The number of carbonyl (C=O) groups excluding carboxylic acids is 1. The van der Waals surface area contributed by atoms with Crippen LogP contribution in [0.3, 0.4) is 0 Å². The lowest BCUT2D eigenvalue weighted by Crippen LogP contribution is -2.11. The molecule has 0 fully saturated rings. The summed E-state index contributed by atoms with van der Waals surface area (Å²) in [7, 11) is 0. The van der Waals surface area contributed by atoms with E-state index in [9.17, 15) is 31.1 Å². The third kappa shape index (κ3) is 4.44. The molecule has 0 atom stereocenters. The van der Waals surface area contributed by atoms with Gasteiger partial charge in [0.1, 0.15) is 0 Å². The van der Waals surface area contributed by atoms with Crippen molar-refractivity contribution in [1.29, 1.82) is 0 Å². The minimum absolute atomic E-state index is 0.0764. The van der Waals surface area contributed by atoms with Crippen molar-refractivity contribution in [3.8, 4) is 0 Å². The molecule has 0 bridgehead atoms. The van der Waals surface area contributed by atoms with Crippen LogP contribution >= 0.6 is 11.3 Å². The topological polar surface area (TPSA) is 17.1 Å². The van der Waals surface area contributed by atoms with E-state index in [1.54, 1.807) is 6.07 Å². The third-order valence-corrected chi connectivity index (χ3v) is 3.79. The number of rotatable bonds is 3. The van der Waals surface area contributed by atoms with E-state index in [1.807, 2.05) is 0 Å². The fraction of sp³-hybridized carbons (Fsp3) is 0.133. The molecule has 0 aliphatic carbocycles. The van der Waals surface area contributed by atoms with E-state index < -0.39 is 23.5 Å². The standard InChI is InChI=1S/C15H8F6OS/c16-14(17,18)10-5-9(6-11(7-10)15(19,20)21)1-2-12-3-4-13(8-22)23-12/h1-8H/b2-1+. The van der Waals surface area contributed by atoms with Crippen molar-refractivity contribution in [2.75, 3.05) is 0 Å². The highest BCUT2D eigenvalue weighted by molar-refractivity contribution is 7.14. The number of alkyl halides is 6. The first-order valence-corrected chi connectivity index (χ1v) is 6.94. The van der Waals surface area contributed by atoms with Gasteiger partial charge in [0.15, 0.2) is 6.29 Å². The highest BCUT2D eigenvalue weighted by atomic mass is 32.1. The number of aldehydes is 1. The Morgan fingerprint density at radius 3 is 1.74 bits per heavy atom. The minimum atomic E-state index is -4.88. The molecule has 1 aromatic heterocycles. The fourth-order valence-electron chi connectivity index (χ4n) is 1.77. The second kappa shape index (κ2) is 6.19. The Labute approximate surface area is 130 Å². The molecule has 8 heteroatoms. The van der Waals surface area contributed by atoms with Crippen LogP contribution in [0.4, 0.5) is 26.3 Å². The lowest BCUT2D eigenvalue weighted by Gasteiger charge is -2.12. The predicted octanol–water partition coefficient (Wildman–Crippen LogP) is 5.77. The van der Waals surface area contributed by atoms with Crippen LogP contribution in [-0.2, 0) is 12.4 Å². The van der Waals surface area contributed by atoms with Crippen molar-refractivity contribution in [2.24, 2.45) is 0 Å². The fourth-order valence-corrected chi connectivity index (χ4v) is 2.50. The van der Waals surface area contributed by atoms with Crippen molar-refractivity contribution in [1.82, 2.24) is 0 Å². The molecular weight excluding hydrogens is 342 g/mol. The summed E-state index contributed by atoms with van der Waals surface area (Å²) < 4.78 is 76.3. The summed E-state index contributed by atoms with van der Waals surface area (Å²) in [5.74, 6) is 0. The minimum Gasteiger partial charge on any atom is -0.297 e. The van der Waals surface area contributed by atoms with Crippen molar-refractivity contribution in [2.45, 2.75) is 12.4 Å². The molecule has 122 valence electrons. The van der Waals surface area contributed by atoms with E-state index in [-0.39, 0.29) is 11.6 Å². The smallest absolute Gasteiger partial charge is 0.297 e. The Morgan fingerprint density at radius 1 is 0.783 bits per heavy atom. The number of hydrogen-bond donors (Lipinski definition) is 0. The van der Waals surface area contributed by atoms with E-state index in [0.29, 0.717) is 28.2 Å². The van der Waals surface area contributed by atoms with Crippen LogP contribution < -0.4 is 0 Å². The van der Waals surface area contributed by atoms with E-state index in [0.717, 1.165) is 17.4 Å². The zero-order valence-corrected chi connectivity index (χ0v) is 12.0. The Hall–Kier alpha value is -2.09. The van der Waals surface area contributed by atoms with Gasteiger partial charge in [0.25, 0.3) is 0 Å². The molecule has 2 rings (SSSR count). The number of benzene rings is 1. The zero-order valence-electron chi connectivity index (χ0n) is 11.2. The normalized spacial score (nSPS) is 12.8. The lowest BCUT2D eigenvalue weighted by molar-refractivity contribution is -0.143. The van der Waals surface area contributed by atoms with Gasteiger partial charge in [0.05, 0.1) is 16.0 Å². The second-order valence-corrected chi connectivity index (χ2v) is 5.68. The Kier molecular flexibility index (Phi) is 4.65.